The molecule has 0 amide bonds. The van der Waals surface area contributed by atoms with Gasteiger partial charge in [-0.05, 0) is 52.1 Å². The molecule has 4 aromatic carbocycles. The molecule has 0 radical (unpaired) electrons. The largest absolute Gasteiger partial charge is 0.481 e. The van der Waals surface area contributed by atoms with Crippen LogP contribution in [0, 0.1) is 0 Å². The molecule has 3 heteroatoms. The lowest BCUT2D eigenvalue weighted by Gasteiger charge is -2.15. The van der Waals surface area contributed by atoms with Crippen molar-refractivity contribution in [2.45, 2.75) is 6.42 Å². The number of carboxylic acids is 1. The second kappa shape index (κ2) is 8.44. The van der Waals surface area contributed by atoms with E-state index in [4.69, 9.17) is 4.74 Å². The Morgan fingerprint density at radius 2 is 1.14 bits per heavy atom. The molecule has 0 aliphatic carbocycles. The predicted octanol–water partition coefficient (Wildman–Crippen LogP) is 6.44. The lowest BCUT2D eigenvalue weighted by atomic mass is 9.90. The maximum Gasteiger partial charge on any atom is 0.307 e. The summed E-state index contributed by atoms with van der Waals surface area (Å²) in [7, 11) is 0. The van der Waals surface area contributed by atoms with E-state index in [9.17, 15) is 9.90 Å². The molecule has 0 aliphatic heterocycles. The van der Waals surface area contributed by atoms with E-state index in [-0.39, 0.29) is 6.42 Å². The Labute approximate surface area is 169 Å². The molecule has 4 rings (SSSR count). The van der Waals surface area contributed by atoms with Crippen LogP contribution < -0.4 is 4.74 Å². The monoisotopic (exact) mass is 380 g/mol. The SMILES string of the molecule is O=C(O)Cc1c(-c2ccccc2)cccc1-c1ccc(Oc2ccccc2)cc1. The fraction of sp³-hybridized carbons (Fsp3) is 0.0385. The number of hydrogen-bond donors (Lipinski definition) is 1. The quantitative estimate of drug-likeness (QED) is 0.419. The van der Waals surface area contributed by atoms with Gasteiger partial charge in [-0.1, -0.05) is 78.9 Å². The molecule has 0 aromatic heterocycles. The molecular formula is C26H20O3. The summed E-state index contributed by atoms with van der Waals surface area (Å²) in [5.41, 5.74) is 4.63. The van der Waals surface area contributed by atoms with E-state index < -0.39 is 5.97 Å². The van der Waals surface area contributed by atoms with Crippen molar-refractivity contribution in [3.05, 3.63) is 109 Å². The lowest BCUT2D eigenvalue weighted by Crippen LogP contribution is -2.04. The molecular weight excluding hydrogens is 360 g/mol. The van der Waals surface area contributed by atoms with Gasteiger partial charge in [0.1, 0.15) is 11.5 Å². The molecule has 0 aliphatic rings. The fourth-order valence-corrected chi connectivity index (χ4v) is 3.41. The predicted molar refractivity (Wildman–Crippen MR) is 115 cm³/mol. The number of ether oxygens (including phenoxy) is 1. The van der Waals surface area contributed by atoms with Crippen LogP contribution in [0.1, 0.15) is 5.56 Å². The van der Waals surface area contributed by atoms with E-state index in [1.807, 2.05) is 103 Å². The molecule has 3 nitrogen and oxygen atoms in total. The molecule has 0 spiro atoms. The van der Waals surface area contributed by atoms with E-state index in [1.165, 1.54) is 0 Å². The van der Waals surface area contributed by atoms with Gasteiger partial charge in [0.15, 0.2) is 0 Å². The average Bonchev–Trinajstić information content (AvgIpc) is 2.75. The number of para-hydroxylation sites is 1. The average molecular weight is 380 g/mol. The highest BCUT2D eigenvalue weighted by atomic mass is 16.5. The van der Waals surface area contributed by atoms with Gasteiger partial charge in [-0.3, -0.25) is 4.79 Å². The van der Waals surface area contributed by atoms with Crippen LogP contribution in [-0.2, 0) is 11.2 Å². The molecule has 0 bridgehead atoms. The number of hydrogen-bond acceptors (Lipinski definition) is 2. The van der Waals surface area contributed by atoms with Gasteiger partial charge in [0.2, 0.25) is 0 Å². The van der Waals surface area contributed by atoms with Crippen LogP contribution in [0.15, 0.2) is 103 Å². The summed E-state index contributed by atoms with van der Waals surface area (Å²) in [6.07, 6.45) is -0.0390. The van der Waals surface area contributed by atoms with Gasteiger partial charge < -0.3 is 9.84 Å². The van der Waals surface area contributed by atoms with E-state index in [2.05, 4.69) is 0 Å². The number of benzene rings is 4. The highest BCUT2D eigenvalue weighted by Gasteiger charge is 2.15. The van der Waals surface area contributed by atoms with Crippen LogP contribution in [0.4, 0.5) is 0 Å². The van der Waals surface area contributed by atoms with Gasteiger partial charge in [0.05, 0.1) is 6.42 Å². The summed E-state index contributed by atoms with van der Waals surface area (Å²) in [4.78, 5) is 11.6. The van der Waals surface area contributed by atoms with Gasteiger partial charge in [-0.15, -0.1) is 0 Å². The molecule has 0 atom stereocenters. The molecule has 0 saturated carbocycles. The minimum Gasteiger partial charge on any atom is -0.481 e. The van der Waals surface area contributed by atoms with Crippen molar-refractivity contribution in [1.29, 1.82) is 0 Å². The Morgan fingerprint density at radius 1 is 0.621 bits per heavy atom. The zero-order valence-electron chi connectivity index (χ0n) is 15.8. The highest BCUT2D eigenvalue weighted by molar-refractivity contribution is 5.84. The third kappa shape index (κ3) is 4.36. The second-order valence-corrected chi connectivity index (χ2v) is 6.71. The van der Waals surface area contributed by atoms with Gasteiger partial charge in [-0.2, -0.15) is 0 Å². The Kier molecular flexibility index (Phi) is 5.39. The molecule has 4 aromatic rings. The lowest BCUT2D eigenvalue weighted by molar-refractivity contribution is -0.136. The summed E-state index contributed by atoms with van der Waals surface area (Å²) in [5.74, 6) is 0.663. The first-order chi connectivity index (χ1) is 14.2. The van der Waals surface area contributed by atoms with Crippen LogP contribution in [0.25, 0.3) is 22.3 Å². The van der Waals surface area contributed by atoms with Gasteiger partial charge in [0, 0.05) is 0 Å². The smallest absolute Gasteiger partial charge is 0.307 e. The standard InChI is InChI=1S/C26H20O3/c27-26(28)18-25-23(19-8-3-1-4-9-19)12-7-13-24(25)20-14-16-22(17-15-20)29-21-10-5-2-6-11-21/h1-17H,18H2,(H,27,28). The van der Waals surface area contributed by atoms with Crippen molar-refractivity contribution < 1.29 is 14.6 Å². The third-order valence-electron chi connectivity index (χ3n) is 4.73. The molecule has 0 heterocycles. The summed E-state index contributed by atoms with van der Waals surface area (Å²) >= 11 is 0. The number of rotatable bonds is 6. The summed E-state index contributed by atoms with van der Waals surface area (Å²) < 4.78 is 5.86. The highest BCUT2D eigenvalue weighted by Crippen LogP contribution is 2.34. The Bertz CT molecular complexity index is 1100. The zero-order chi connectivity index (χ0) is 20.1. The molecule has 29 heavy (non-hydrogen) atoms. The summed E-state index contributed by atoms with van der Waals surface area (Å²) in [5, 5.41) is 9.50. The van der Waals surface area contributed by atoms with E-state index in [0.29, 0.717) is 0 Å². The molecule has 0 fully saturated rings. The zero-order valence-corrected chi connectivity index (χ0v) is 15.8. The number of aliphatic carboxylic acids is 1. The van der Waals surface area contributed by atoms with Crippen LogP contribution >= 0.6 is 0 Å². The number of carboxylic acid groups (broad SMARTS) is 1. The minimum absolute atomic E-state index is 0.0390. The molecule has 0 saturated heterocycles. The first-order valence-corrected chi connectivity index (χ1v) is 9.43. The van der Waals surface area contributed by atoms with Crippen LogP contribution in [-0.4, -0.2) is 11.1 Å². The van der Waals surface area contributed by atoms with Gasteiger partial charge in [-0.25, -0.2) is 0 Å². The van der Waals surface area contributed by atoms with Gasteiger partial charge in [0.25, 0.3) is 0 Å². The van der Waals surface area contributed by atoms with E-state index in [0.717, 1.165) is 39.3 Å². The maximum atomic E-state index is 11.6. The van der Waals surface area contributed by atoms with Crippen molar-refractivity contribution >= 4 is 5.97 Å². The fourth-order valence-electron chi connectivity index (χ4n) is 3.41. The Balaban J connectivity index is 1.71. The van der Waals surface area contributed by atoms with Crippen molar-refractivity contribution in [2.75, 3.05) is 0 Å². The van der Waals surface area contributed by atoms with Crippen LogP contribution in [0.5, 0.6) is 11.5 Å². The second-order valence-electron chi connectivity index (χ2n) is 6.71. The van der Waals surface area contributed by atoms with Gasteiger partial charge >= 0.3 is 5.97 Å². The van der Waals surface area contributed by atoms with E-state index >= 15 is 0 Å². The van der Waals surface area contributed by atoms with Crippen molar-refractivity contribution in [3.8, 4) is 33.8 Å². The van der Waals surface area contributed by atoms with Crippen LogP contribution in [0.3, 0.4) is 0 Å². The van der Waals surface area contributed by atoms with Crippen molar-refractivity contribution in [3.63, 3.8) is 0 Å². The molecule has 1 N–H and O–H groups in total. The van der Waals surface area contributed by atoms with E-state index in [1.54, 1.807) is 0 Å². The normalized spacial score (nSPS) is 10.5. The minimum atomic E-state index is -0.848. The number of carbonyl (C=O) groups is 1. The molecule has 142 valence electrons. The molecule has 0 unspecified atom stereocenters. The summed E-state index contributed by atoms with van der Waals surface area (Å²) in [6.45, 7) is 0. The third-order valence-corrected chi connectivity index (χ3v) is 4.73. The van der Waals surface area contributed by atoms with Crippen molar-refractivity contribution in [1.82, 2.24) is 0 Å². The first-order valence-electron chi connectivity index (χ1n) is 9.43. The first kappa shape index (κ1) is 18.5. The maximum absolute atomic E-state index is 11.6. The summed E-state index contributed by atoms with van der Waals surface area (Å²) in [6, 6.07) is 33.1. The Morgan fingerprint density at radius 3 is 1.72 bits per heavy atom. The van der Waals surface area contributed by atoms with Crippen LogP contribution in [0.2, 0.25) is 0 Å². The topological polar surface area (TPSA) is 46.5 Å². The Hall–Kier alpha value is -3.85. The van der Waals surface area contributed by atoms with Crippen molar-refractivity contribution in [2.24, 2.45) is 0 Å².